The molecule has 0 spiro atoms. The predicted octanol–water partition coefficient (Wildman–Crippen LogP) is 4.31. The van der Waals surface area contributed by atoms with Gasteiger partial charge in [-0.15, -0.1) is 0 Å². The average molecular weight is 526 g/mol. The number of amides is 1. The van der Waals surface area contributed by atoms with Gasteiger partial charge in [0.2, 0.25) is 0 Å². The molecule has 1 N–H and O–H groups in total. The van der Waals surface area contributed by atoms with Crippen molar-refractivity contribution in [1.29, 1.82) is 0 Å². The van der Waals surface area contributed by atoms with Gasteiger partial charge in [-0.2, -0.15) is 13.2 Å². The molecule has 5 rings (SSSR count). The zero-order chi connectivity index (χ0) is 26.5. The topological polar surface area (TPSA) is 54.5 Å². The summed E-state index contributed by atoms with van der Waals surface area (Å²) in [6, 6.07) is 12.4. The number of likely N-dealkylation sites (N-methyl/N-ethyl adjacent to an activating group) is 1. The third-order valence-electron chi connectivity index (χ3n) is 7.69. The number of aromatic nitrogens is 1. The van der Waals surface area contributed by atoms with Crippen molar-refractivity contribution >= 4 is 32.6 Å². The van der Waals surface area contributed by atoms with Crippen molar-refractivity contribution in [3.05, 3.63) is 77.5 Å². The maximum absolute atomic E-state index is 13.5. The van der Waals surface area contributed by atoms with Crippen LogP contribution in [0.1, 0.15) is 46.3 Å². The van der Waals surface area contributed by atoms with Crippen LogP contribution in [0.15, 0.2) is 55.2 Å². The van der Waals surface area contributed by atoms with Gasteiger partial charge >= 0.3 is 6.18 Å². The maximum Gasteiger partial charge on any atom is 0.416 e. The van der Waals surface area contributed by atoms with E-state index in [4.69, 9.17) is 4.74 Å². The van der Waals surface area contributed by atoms with Crippen molar-refractivity contribution in [2.75, 3.05) is 13.6 Å². The molecule has 3 aromatic rings. The highest BCUT2D eigenvalue weighted by atomic mass is 28.1. The Balaban J connectivity index is 1.44. The summed E-state index contributed by atoms with van der Waals surface area (Å²) in [6.45, 7) is 6.21. The second-order valence-corrected chi connectivity index (χ2v) is 11.4. The standard InChI is InChI=1S/C28H30F3N3O2Si/c1-16-6-7-19(36-26(37)24-8-12-34(24)3)15-21(16)25(35)33-27(9-10-27)22-13-18(17(2)28(29,30)31)14-23-20(22)5-4-11-32-23/h4-7,11,13-15,24,26H,2,8-10,12H2,1,3,37H3,(H,33,35)/t24-,26?/m0/s1. The molecule has 2 atom stereocenters. The van der Waals surface area contributed by atoms with Gasteiger partial charge in [0.15, 0.2) is 0 Å². The fourth-order valence-electron chi connectivity index (χ4n) is 5.13. The van der Waals surface area contributed by atoms with Crippen molar-refractivity contribution in [1.82, 2.24) is 15.2 Å². The minimum Gasteiger partial charge on any atom is -0.494 e. The molecule has 2 aromatic carbocycles. The molecule has 5 nitrogen and oxygen atoms in total. The molecule has 2 heterocycles. The Bertz CT molecular complexity index is 1390. The molecule has 1 saturated heterocycles. The minimum atomic E-state index is -4.56. The van der Waals surface area contributed by atoms with Crippen LogP contribution < -0.4 is 10.1 Å². The number of halogens is 3. The average Bonchev–Trinajstić information content (AvgIpc) is 3.62. The minimum absolute atomic E-state index is 0.0417. The Hall–Kier alpha value is -3.17. The second-order valence-electron chi connectivity index (χ2n) is 10.2. The van der Waals surface area contributed by atoms with Crippen LogP contribution in [0.4, 0.5) is 13.2 Å². The quantitative estimate of drug-likeness (QED) is 0.467. The Kier molecular flexibility index (Phi) is 6.40. The van der Waals surface area contributed by atoms with Gasteiger partial charge in [0.05, 0.1) is 32.6 Å². The SMILES string of the molecule is C=C(c1cc(C2(NC(=O)c3cc(OC([SiH3])[C@@H]4CCN4C)ccc3C)CC2)c2cccnc2c1)C(F)(F)F. The third-order valence-corrected chi connectivity index (χ3v) is 8.70. The highest BCUT2D eigenvalue weighted by Gasteiger charge is 2.47. The molecule has 9 heteroatoms. The molecule has 194 valence electrons. The number of rotatable bonds is 7. The van der Waals surface area contributed by atoms with Gasteiger partial charge < -0.3 is 15.0 Å². The van der Waals surface area contributed by atoms with E-state index in [1.165, 1.54) is 12.1 Å². The molecule has 2 aliphatic rings. The van der Waals surface area contributed by atoms with Gasteiger partial charge in [0, 0.05) is 23.2 Å². The van der Waals surface area contributed by atoms with E-state index >= 15 is 0 Å². The van der Waals surface area contributed by atoms with Crippen LogP contribution in [0.25, 0.3) is 16.5 Å². The number of allylic oxidation sites excluding steroid dienone is 1. The molecule has 2 fully saturated rings. The molecular weight excluding hydrogens is 495 g/mol. The normalized spacial score (nSPS) is 19.8. The van der Waals surface area contributed by atoms with Gasteiger partial charge in [0.25, 0.3) is 5.91 Å². The van der Waals surface area contributed by atoms with Crippen LogP contribution in [-0.4, -0.2) is 57.6 Å². The van der Waals surface area contributed by atoms with Gasteiger partial charge in [-0.1, -0.05) is 18.7 Å². The number of benzene rings is 2. The summed E-state index contributed by atoms with van der Waals surface area (Å²) in [5.41, 5.74) is 0.749. The number of carbonyl (C=O) groups is 1. The van der Waals surface area contributed by atoms with Crippen molar-refractivity contribution in [2.45, 2.75) is 49.7 Å². The van der Waals surface area contributed by atoms with Crippen molar-refractivity contribution in [3.63, 3.8) is 0 Å². The van der Waals surface area contributed by atoms with Crippen LogP contribution in [0.5, 0.6) is 5.75 Å². The highest BCUT2D eigenvalue weighted by molar-refractivity contribution is 6.11. The smallest absolute Gasteiger partial charge is 0.416 e. The summed E-state index contributed by atoms with van der Waals surface area (Å²) in [5.74, 6) is 0.377. The zero-order valence-corrected chi connectivity index (χ0v) is 23.2. The van der Waals surface area contributed by atoms with E-state index in [9.17, 15) is 18.0 Å². The molecule has 0 bridgehead atoms. The molecule has 1 aliphatic carbocycles. The van der Waals surface area contributed by atoms with Crippen molar-refractivity contribution < 1.29 is 22.7 Å². The number of fused-ring (bicyclic) bond motifs is 1. The monoisotopic (exact) mass is 525 g/mol. The van der Waals surface area contributed by atoms with E-state index in [2.05, 4.69) is 28.8 Å². The number of nitrogens with zero attached hydrogens (tertiary/aromatic N) is 2. The van der Waals surface area contributed by atoms with E-state index in [1.54, 1.807) is 18.3 Å². The highest BCUT2D eigenvalue weighted by Crippen LogP contribution is 2.49. The lowest BCUT2D eigenvalue weighted by atomic mass is 9.93. The third kappa shape index (κ3) is 4.90. The van der Waals surface area contributed by atoms with E-state index in [0.29, 0.717) is 41.3 Å². The van der Waals surface area contributed by atoms with Crippen LogP contribution in [0.3, 0.4) is 0 Å². The molecule has 1 amide bonds. The molecule has 1 aliphatic heterocycles. The molecule has 37 heavy (non-hydrogen) atoms. The summed E-state index contributed by atoms with van der Waals surface area (Å²) in [6.07, 6.45) is -0.668. The van der Waals surface area contributed by atoms with E-state index in [0.717, 1.165) is 34.2 Å². The van der Waals surface area contributed by atoms with Crippen LogP contribution in [0, 0.1) is 6.92 Å². The van der Waals surface area contributed by atoms with Crippen LogP contribution in [0.2, 0.25) is 0 Å². The Morgan fingerprint density at radius 2 is 2.03 bits per heavy atom. The van der Waals surface area contributed by atoms with E-state index < -0.39 is 17.3 Å². The van der Waals surface area contributed by atoms with Crippen LogP contribution >= 0.6 is 0 Å². The number of likely N-dealkylation sites (tertiary alicyclic amines) is 1. The molecule has 1 aromatic heterocycles. The van der Waals surface area contributed by atoms with Crippen LogP contribution in [-0.2, 0) is 5.54 Å². The van der Waals surface area contributed by atoms with E-state index in [-0.39, 0.29) is 17.2 Å². The first-order valence-corrected chi connectivity index (χ1v) is 13.6. The van der Waals surface area contributed by atoms with Gasteiger partial charge in [-0.3, -0.25) is 9.78 Å². The number of hydrogen-bond acceptors (Lipinski definition) is 4. The summed E-state index contributed by atoms with van der Waals surface area (Å²) in [5, 5.41) is 3.86. The number of alkyl halides is 3. The van der Waals surface area contributed by atoms with Crippen molar-refractivity contribution in [3.8, 4) is 5.75 Å². The van der Waals surface area contributed by atoms with E-state index in [1.807, 2.05) is 25.1 Å². The first-order valence-electron chi connectivity index (χ1n) is 12.4. The first-order chi connectivity index (χ1) is 17.5. The second kappa shape index (κ2) is 9.29. The maximum atomic E-state index is 13.5. The number of pyridine rings is 1. The Morgan fingerprint density at radius 3 is 2.65 bits per heavy atom. The first kappa shape index (κ1) is 25.5. The fourth-order valence-corrected chi connectivity index (χ4v) is 6.24. The Morgan fingerprint density at radius 1 is 1.27 bits per heavy atom. The lowest BCUT2D eigenvalue weighted by Gasteiger charge is -2.41. The summed E-state index contributed by atoms with van der Waals surface area (Å²) >= 11 is 0. The van der Waals surface area contributed by atoms with Gasteiger partial charge in [0.1, 0.15) is 5.75 Å². The molecular formula is C28H30F3N3O2Si. The predicted molar refractivity (Wildman–Crippen MR) is 142 cm³/mol. The molecule has 0 radical (unpaired) electrons. The lowest BCUT2D eigenvalue weighted by molar-refractivity contribution is -0.0686. The lowest BCUT2D eigenvalue weighted by Crippen LogP contribution is -2.53. The fraction of sp³-hybridized carbons (Fsp3) is 0.357. The van der Waals surface area contributed by atoms with Crippen molar-refractivity contribution in [2.24, 2.45) is 0 Å². The molecule has 1 saturated carbocycles. The zero-order valence-electron chi connectivity index (χ0n) is 21.2. The van der Waals surface area contributed by atoms with Gasteiger partial charge in [-0.25, -0.2) is 0 Å². The number of nitrogens with one attached hydrogen (secondary N) is 1. The summed E-state index contributed by atoms with van der Waals surface area (Å²) in [4.78, 5) is 20.1. The Labute approximate surface area is 217 Å². The number of carbonyl (C=O) groups excluding carboxylic acids is 1. The van der Waals surface area contributed by atoms with Gasteiger partial charge in [-0.05, 0) is 86.8 Å². The largest absolute Gasteiger partial charge is 0.494 e. The number of ether oxygens (including phenoxy) is 1. The summed E-state index contributed by atoms with van der Waals surface area (Å²) in [7, 11) is 2.95. The number of hydrogen-bond donors (Lipinski definition) is 1. The summed E-state index contributed by atoms with van der Waals surface area (Å²) < 4.78 is 46.6. The molecule has 1 unspecified atom stereocenters. The number of aryl methyl sites for hydroxylation is 1.